The number of likely N-dealkylation sites (tertiary alicyclic amines) is 1. The van der Waals surface area contributed by atoms with Crippen molar-refractivity contribution in [3.8, 4) is 0 Å². The van der Waals surface area contributed by atoms with Gasteiger partial charge in [-0.1, -0.05) is 35.9 Å². The average molecular weight is 578 g/mol. The van der Waals surface area contributed by atoms with Crippen LogP contribution in [0.5, 0.6) is 0 Å². The lowest BCUT2D eigenvalue weighted by Gasteiger charge is -2.30. The molecule has 4 heterocycles. The van der Waals surface area contributed by atoms with Crippen LogP contribution in [0.15, 0.2) is 59.6 Å². The molecular formula is C31H33ClFN5O3. The summed E-state index contributed by atoms with van der Waals surface area (Å²) < 4.78 is 21.9. The van der Waals surface area contributed by atoms with Gasteiger partial charge in [0.1, 0.15) is 17.4 Å². The van der Waals surface area contributed by atoms with Gasteiger partial charge in [0.2, 0.25) is 0 Å². The lowest BCUT2D eigenvalue weighted by molar-refractivity contribution is -0.129. The molecule has 1 aromatic carbocycles. The fourth-order valence-electron chi connectivity index (χ4n) is 5.09. The quantitative estimate of drug-likeness (QED) is 0.307. The highest BCUT2D eigenvalue weighted by molar-refractivity contribution is 6.40. The molecule has 214 valence electrons. The van der Waals surface area contributed by atoms with Crippen LogP contribution in [-0.2, 0) is 29.0 Å². The Labute approximate surface area is 243 Å². The van der Waals surface area contributed by atoms with Crippen molar-refractivity contribution >= 4 is 35.2 Å². The van der Waals surface area contributed by atoms with Crippen LogP contribution in [0.1, 0.15) is 47.7 Å². The molecule has 2 aliphatic heterocycles. The Kier molecular flexibility index (Phi) is 9.07. The number of benzene rings is 1. The summed E-state index contributed by atoms with van der Waals surface area (Å²) >= 11 is 5.88. The maximum absolute atomic E-state index is 14.3. The maximum atomic E-state index is 14.3. The molecule has 0 spiro atoms. The van der Waals surface area contributed by atoms with Gasteiger partial charge in [-0.25, -0.2) is 19.2 Å². The Morgan fingerprint density at radius 1 is 1.27 bits per heavy atom. The number of pyridine rings is 1. The molecule has 2 fully saturated rings. The van der Waals surface area contributed by atoms with E-state index in [0.717, 1.165) is 56.2 Å². The van der Waals surface area contributed by atoms with Gasteiger partial charge in [0.25, 0.3) is 0 Å². The zero-order chi connectivity index (χ0) is 28.9. The van der Waals surface area contributed by atoms with Gasteiger partial charge in [-0.15, -0.1) is 0 Å². The van der Waals surface area contributed by atoms with Crippen molar-refractivity contribution in [2.24, 2.45) is 4.99 Å². The molecule has 10 heteroatoms. The molecule has 41 heavy (non-hydrogen) atoms. The van der Waals surface area contributed by atoms with Gasteiger partial charge in [-0.05, 0) is 68.2 Å². The predicted octanol–water partition coefficient (Wildman–Crippen LogP) is 5.78. The van der Waals surface area contributed by atoms with Crippen LogP contribution in [0.3, 0.4) is 0 Å². The second-order valence-electron chi connectivity index (χ2n) is 10.4. The number of carboxylic acid groups (broad SMARTS) is 1. The third kappa shape index (κ3) is 7.16. The fourth-order valence-corrected chi connectivity index (χ4v) is 5.25. The van der Waals surface area contributed by atoms with Gasteiger partial charge < -0.3 is 14.4 Å². The molecule has 0 saturated carbocycles. The molecule has 2 aliphatic rings. The Balaban J connectivity index is 1.26. The summed E-state index contributed by atoms with van der Waals surface area (Å²) in [5.74, 6) is -0.0638. The Morgan fingerprint density at radius 3 is 2.71 bits per heavy atom. The van der Waals surface area contributed by atoms with E-state index >= 15 is 0 Å². The van der Waals surface area contributed by atoms with Gasteiger partial charge in [-0.3, -0.25) is 9.88 Å². The normalized spacial score (nSPS) is 17.8. The number of halogens is 2. The van der Waals surface area contributed by atoms with Gasteiger partial charge in [0.15, 0.2) is 5.82 Å². The topological polar surface area (TPSA) is 92.8 Å². The molecule has 1 atom stereocenters. The summed E-state index contributed by atoms with van der Waals surface area (Å²) in [6.07, 6.45) is 6.60. The summed E-state index contributed by atoms with van der Waals surface area (Å²) in [4.78, 5) is 27.8. The summed E-state index contributed by atoms with van der Waals surface area (Å²) in [5, 5.41) is 9.84. The molecule has 5 rings (SSSR count). The minimum Gasteiger partial charge on any atom is -0.477 e. The lowest BCUT2D eigenvalue weighted by atomic mass is 10.0. The second-order valence-corrected chi connectivity index (χ2v) is 10.8. The zero-order valence-electron chi connectivity index (χ0n) is 23.0. The second kappa shape index (κ2) is 12.9. The maximum Gasteiger partial charge on any atom is 0.354 e. The third-order valence-corrected chi connectivity index (χ3v) is 7.67. The van der Waals surface area contributed by atoms with Crippen molar-refractivity contribution in [3.05, 3.63) is 93.9 Å². The highest BCUT2D eigenvalue weighted by Crippen LogP contribution is 2.27. The Hall–Kier alpha value is -3.66. The van der Waals surface area contributed by atoms with Crippen LogP contribution in [0.4, 0.5) is 10.2 Å². The molecule has 0 aliphatic carbocycles. The summed E-state index contributed by atoms with van der Waals surface area (Å²) in [5.41, 5.74) is 4.12. The largest absolute Gasteiger partial charge is 0.477 e. The molecular weight excluding hydrogens is 545 g/mol. The average Bonchev–Trinajstić information content (AvgIpc) is 3.20. The van der Waals surface area contributed by atoms with E-state index < -0.39 is 5.97 Å². The minimum atomic E-state index is -1.12. The molecule has 0 bridgehead atoms. The van der Waals surface area contributed by atoms with E-state index in [-0.39, 0.29) is 17.6 Å². The smallest absolute Gasteiger partial charge is 0.354 e. The van der Waals surface area contributed by atoms with Crippen LogP contribution in [0, 0.1) is 12.7 Å². The molecule has 0 unspecified atom stereocenters. The molecule has 2 aromatic heterocycles. The van der Waals surface area contributed by atoms with Gasteiger partial charge in [0, 0.05) is 36.8 Å². The number of aliphatic carboxylic acids is 1. The standard InChI is InChI=1S/C31H33ClFN5O3/c1-3-28(31(39)40)36-30-20(2)34-29(38(30)18-26-11-14-41-26)19-37-12-9-21(10-13-37)15-24-5-4-6-25(35-24)16-22-7-8-23(32)17-27(22)33/h3-8,15,17,26H,1,9-14,16,18-19H2,2H3,(H,39,40)/t26-/m0/s1. The molecule has 0 amide bonds. The number of nitrogens with zero attached hydrogens (tertiary/aromatic N) is 5. The van der Waals surface area contributed by atoms with Crippen LogP contribution in [0.2, 0.25) is 5.02 Å². The lowest BCUT2D eigenvalue weighted by Crippen LogP contribution is -2.34. The van der Waals surface area contributed by atoms with E-state index in [2.05, 4.69) is 22.5 Å². The SMILES string of the molecule is C=CC(=Nc1c(C)nc(CN2CCC(=Cc3cccc(Cc4ccc(Cl)cc4F)n3)CC2)n1C[C@@H]1CCO1)C(=O)O. The molecule has 2 saturated heterocycles. The first-order valence-electron chi connectivity index (χ1n) is 13.7. The zero-order valence-corrected chi connectivity index (χ0v) is 23.8. The van der Waals surface area contributed by atoms with E-state index in [4.69, 9.17) is 26.3 Å². The number of carboxylic acids is 1. The van der Waals surface area contributed by atoms with E-state index in [0.29, 0.717) is 41.6 Å². The third-order valence-electron chi connectivity index (χ3n) is 7.44. The van der Waals surface area contributed by atoms with Gasteiger partial charge >= 0.3 is 5.97 Å². The highest BCUT2D eigenvalue weighted by Gasteiger charge is 2.25. The first-order chi connectivity index (χ1) is 19.8. The van der Waals surface area contributed by atoms with Crippen LogP contribution < -0.4 is 0 Å². The highest BCUT2D eigenvalue weighted by atomic mass is 35.5. The monoisotopic (exact) mass is 577 g/mol. The van der Waals surface area contributed by atoms with Crippen LogP contribution in [0.25, 0.3) is 6.08 Å². The van der Waals surface area contributed by atoms with Gasteiger partial charge in [0.05, 0.1) is 30.6 Å². The predicted molar refractivity (Wildman–Crippen MR) is 157 cm³/mol. The molecule has 1 N–H and O–H groups in total. The van der Waals surface area contributed by atoms with Crippen molar-refractivity contribution < 1.29 is 19.0 Å². The van der Waals surface area contributed by atoms with Crippen LogP contribution >= 0.6 is 11.6 Å². The van der Waals surface area contributed by atoms with Crippen molar-refractivity contribution in [3.63, 3.8) is 0 Å². The fraction of sp³-hybridized carbons (Fsp3) is 0.355. The number of piperidine rings is 1. The number of aryl methyl sites for hydroxylation is 1. The van der Waals surface area contributed by atoms with E-state index in [9.17, 15) is 14.3 Å². The first-order valence-corrected chi connectivity index (χ1v) is 14.1. The van der Waals surface area contributed by atoms with Crippen molar-refractivity contribution in [1.29, 1.82) is 0 Å². The van der Waals surface area contributed by atoms with Crippen molar-refractivity contribution in [2.75, 3.05) is 19.7 Å². The summed E-state index contributed by atoms with van der Waals surface area (Å²) in [7, 11) is 0. The van der Waals surface area contributed by atoms with E-state index in [1.165, 1.54) is 17.7 Å². The Morgan fingerprint density at radius 2 is 2.05 bits per heavy atom. The summed E-state index contributed by atoms with van der Waals surface area (Å²) in [6.45, 7) is 9.11. The number of ether oxygens (including phenoxy) is 1. The first kappa shape index (κ1) is 28.9. The van der Waals surface area contributed by atoms with Crippen molar-refractivity contribution in [2.45, 2.75) is 51.8 Å². The molecule has 0 radical (unpaired) electrons. The van der Waals surface area contributed by atoms with Gasteiger partial charge in [-0.2, -0.15) is 0 Å². The minimum absolute atomic E-state index is 0.0728. The Bertz CT molecular complexity index is 1500. The van der Waals surface area contributed by atoms with E-state index in [1.54, 1.807) is 12.1 Å². The number of imidazole rings is 1. The molecule has 3 aromatic rings. The van der Waals surface area contributed by atoms with Crippen LogP contribution in [-0.4, -0.2) is 62.0 Å². The number of rotatable bonds is 10. The summed E-state index contributed by atoms with van der Waals surface area (Å²) in [6, 6.07) is 10.6. The number of carbonyl (C=O) groups is 1. The van der Waals surface area contributed by atoms with E-state index in [1.807, 2.05) is 29.7 Å². The number of hydrogen-bond acceptors (Lipinski definition) is 6. The number of hydrogen-bond donors (Lipinski definition) is 1. The molecule has 8 nitrogen and oxygen atoms in total. The number of aliphatic imine (C=N–C) groups is 1. The number of aromatic nitrogens is 3. The van der Waals surface area contributed by atoms with Crippen molar-refractivity contribution in [1.82, 2.24) is 19.4 Å².